The van der Waals surface area contributed by atoms with Crippen molar-refractivity contribution in [2.45, 2.75) is 6.54 Å². The SMILES string of the molecule is CN(Cc1cn[nH]c1)C(=O)c1cc(O)ccc1[N+](=O)[O-]. The number of aromatic amines is 1. The number of carbonyl (C=O) groups excluding carboxylic acids is 1. The lowest BCUT2D eigenvalue weighted by atomic mass is 10.1. The van der Waals surface area contributed by atoms with Gasteiger partial charge in [-0.25, -0.2) is 0 Å². The first-order chi connectivity index (χ1) is 9.49. The number of nitrogens with zero attached hydrogens (tertiary/aromatic N) is 3. The van der Waals surface area contributed by atoms with Gasteiger partial charge in [0.15, 0.2) is 0 Å². The van der Waals surface area contributed by atoms with E-state index in [4.69, 9.17) is 0 Å². The number of carbonyl (C=O) groups is 1. The van der Waals surface area contributed by atoms with Crippen molar-refractivity contribution in [1.82, 2.24) is 15.1 Å². The summed E-state index contributed by atoms with van der Waals surface area (Å²) >= 11 is 0. The molecule has 0 fully saturated rings. The number of nitro benzene ring substituents is 1. The maximum atomic E-state index is 12.2. The van der Waals surface area contributed by atoms with Gasteiger partial charge in [-0.05, 0) is 12.1 Å². The second-order valence-corrected chi connectivity index (χ2v) is 4.23. The van der Waals surface area contributed by atoms with E-state index in [1.807, 2.05) is 0 Å². The second-order valence-electron chi connectivity index (χ2n) is 4.23. The number of aromatic nitrogens is 2. The Balaban J connectivity index is 2.28. The van der Waals surface area contributed by atoms with E-state index in [-0.39, 0.29) is 23.5 Å². The van der Waals surface area contributed by atoms with Crippen LogP contribution in [0.4, 0.5) is 5.69 Å². The molecule has 0 aliphatic rings. The molecule has 0 radical (unpaired) electrons. The fraction of sp³-hybridized carbons (Fsp3) is 0.167. The maximum Gasteiger partial charge on any atom is 0.282 e. The highest BCUT2D eigenvalue weighted by Crippen LogP contribution is 2.24. The minimum absolute atomic E-state index is 0.152. The summed E-state index contributed by atoms with van der Waals surface area (Å²) < 4.78 is 0. The van der Waals surface area contributed by atoms with Gasteiger partial charge in [-0.2, -0.15) is 5.10 Å². The lowest BCUT2D eigenvalue weighted by Gasteiger charge is -2.16. The van der Waals surface area contributed by atoms with Crippen LogP contribution in [0.25, 0.3) is 0 Å². The third-order valence-electron chi connectivity index (χ3n) is 2.73. The number of rotatable bonds is 4. The van der Waals surface area contributed by atoms with Gasteiger partial charge in [0.2, 0.25) is 0 Å². The zero-order valence-electron chi connectivity index (χ0n) is 10.6. The molecule has 0 spiro atoms. The van der Waals surface area contributed by atoms with Gasteiger partial charge in [0.05, 0.1) is 11.1 Å². The molecule has 0 atom stereocenters. The lowest BCUT2D eigenvalue weighted by molar-refractivity contribution is -0.385. The Morgan fingerprint density at radius 3 is 2.90 bits per heavy atom. The monoisotopic (exact) mass is 276 g/mol. The van der Waals surface area contributed by atoms with Crippen LogP contribution in [0.15, 0.2) is 30.6 Å². The number of phenols is 1. The van der Waals surface area contributed by atoms with Gasteiger partial charge in [-0.15, -0.1) is 0 Å². The predicted octanol–water partition coefficient (Wildman–Crippen LogP) is 1.30. The summed E-state index contributed by atoms with van der Waals surface area (Å²) in [5.74, 6) is -0.746. The Bertz CT molecular complexity index is 639. The van der Waals surface area contributed by atoms with Crippen molar-refractivity contribution in [2.75, 3.05) is 7.05 Å². The molecular formula is C12H12N4O4. The second kappa shape index (κ2) is 5.39. The number of hydrogen-bond donors (Lipinski definition) is 2. The van der Waals surface area contributed by atoms with Crippen LogP contribution in [-0.4, -0.2) is 38.1 Å². The summed E-state index contributed by atoms with van der Waals surface area (Å²) in [6.07, 6.45) is 3.18. The molecule has 8 nitrogen and oxygen atoms in total. The molecule has 1 aromatic carbocycles. The summed E-state index contributed by atoms with van der Waals surface area (Å²) in [5.41, 5.74) is 0.275. The number of H-pyrrole nitrogens is 1. The van der Waals surface area contributed by atoms with Crippen LogP contribution in [0.1, 0.15) is 15.9 Å². The molecule has 1 heterocycles. The van der Waals surface area contributed by atoms with E-state index in [0.717, 1.165) is 17.7 Å². The predicted molar refractivity (Wildman–Crippen MR) is 69.1 cm³/mol. The number of amides is 1. The topological polar surface area (TPSA) is 112 Å². The first-order valence-electron chi connectivity index (χ1n) is 5.69. The van der Waals surface area contributed by atoms with Gasteiger partial charge in [-0.3, -0.25) is 20.0 Å². The highest BCUT2D eigenvalue weighted by Gasteiger charge is 2.23. The van der Waals surface area contributed by atoms with Crippen molar-refractivity contribution < 1.29 is 14.8 Å². The summed E-state index contributed by atoms with van der Waals surface area (Å²) in [7, 11) is 1.52. The third-order valence-corrected chi connectivity index (χ3v) is 2.73. The van der Waals surface area contributed by atoms with Crippen LogP contribution < -0.4 is 0 Å². The normalized spacial score (nSPS) is 10.2. The van der Waals surface area contributed by atoms with E-state index in [1.54, 1.807) is 12.4 Å². The van der Waals surface area contributed by atoms with Gasteiger partial charge >= 0.3 is 0 Å². The Labute approximate surface area is 113 Å². The van der Waals surface area contributed by atoms with Crippen molar-refractivity contribution in [3.05, 3.63) is 51.8 Å². The highest BCUT2D eigenvalue weighted by atomic mass is 16.6. The fourth-order valence-electron chi connectivity index (χ4n) is 1.77. The van der Waals surface area contributed by atoms with E-state index in [0.29, 0.717) is 0 Å². The highest BCUT2D eigenvalue weighted by molar-refractivity contribution is 5.98. The Morgan fingerprint density at radius 2 is 2.30 bits per heavy atom. The molecule has 0 aliphatic heterocycles. The van der Waals surface area contributed by atoms with E-state index >= 15 is 0 Å². The standard InChI is InChI=1S/C12H12N4O4/c1-15(7-8-5-13-14-6-8)12(18)10-4-9(17)2-3-11(10)16(19)20/h2-6,17H,7H2,1H3,(H,13,14). The first kappa shape index (κ1) is 13.5. The molecule has 20 heavy (non-hydrogen) atoms. The third kappa shape index (κ3) is 2.74. The molecule has 0 unspecified atom stereocenters. The Hall–Kier alpha value is -2.90. The molecule has 2 N–H and O–H groups in total. The number of nitro groups is 1. The van der Waals surface area contributed by atoms with Crippen molar-refractivity contribution in [3.8, 4) is 5.75 Å². The van der Waals surface area contributed by atoms with Gasteiger partial charge < -0.3 is 10.0 Å². The first-order valence-corrected chi connectivity index (χ1v) is 5.69. The van der Waals surface area contributed by atoms with Crippen molar-refractivity contribution in [1.29, 1.82) is 0 Å². The maximum absolute atomic E-state index is 12.2. The summed E-state index contributed by atoms with van der Waals surface area (Å²) in [6.45, 7) is 0.252. The lowest BCUT2D eigenvalue weighted by Crippen LogP contribution is -2.26. The summed E-state index contributed by atoms with van der Waals surface area (Å²) in [5, 5.41) is 26.7. The average Bonchev–Trinajstić information content (AvgIpc) is 2.90. The number of hydrogen-bond acceptors (Lipinski definition) is 5. The van der Waals surface area contributed by atoms with Crippen LogP contribution in [-0.2, 0) is 6.54 Å². The molecule has 0 saturated heterocycles. The van der Waals surface area contributed by atoms with Crippen LogP contribution in [0, 0.1) is 10.1 Å². The molecule has 2 rings (SSSR count). The minimum atomic E-state index is -0.654. The van der Waals surface area contributed by atoms with E-state index < -0.39 is 10.8 Å². The van der Waals surface area contributed by atoms with Gasteiger partial charge in [-0.1, -0.05) is 0 Å². The fourth-order valence-corrected chi connectivity index (χ4v) is 1.77. The number of nitrogens with one attached hydrogen (secondary N) is 1. The van der Waals surface area contributed by atoms with Gasteiger partial charge in [0, 0.05) is 31.4 Å². The molecule has 1 amide bonds. The van der Waals surface area contributed by atoms with Gasteiger partial charge in [0.1, 0.15) is 11.3 Å². The summed E-state index contributed by atoms with van der Waals surface area (Å²) in [4.78, 5) is 23.8. The number of benzene rings is 1. The van der Waals surface area contributed by atoms with E-state index in [2.05, 4.69) is 10.2 Å². The largest absolute Gasteiger partial charge is 0.508 e. The van der Waals surface area contributed by atoms with Crippen molar-refractivity contribution >= 4 is 11.6 Å². The number of aromatic hydroxyl groups is 1. The van der Waals surface area contributed by atoms with Crippen molar-refractivity contribution in [3.63, 3.8) is 0 Å². The van der Waals surface area contributed by atoms with E-state index in [9.17, 15) is 20.0 Å². The molecule has 0 saturated carbocycles. The Morgan fingerprint density at radius 1 is 1.55 bits per heavy atom. The quantitative estimate of drug-likeness (QED) is 0.645. The minimum Gasteiger partial charge on any atom is -0.508 e. The van der Waals surface area contributed by atoms with E-state index in [1.165, 1.54) is 18.0 Å². The molecule has 1 aromatic heterocycles. The van der Waals surface area contributed by atoms with Crippen LogP contribution in [0.2, 0.25) is 0 Å². The van der Waals surface area contributed by atoms with Crippen LogP contribution in [0.3, 0.4) is 0 Å². The van der Waals surface area contributed by atoms with Gasteiger partial charge in [0.25, 0.3) is 11.6 Å². The molecule has 8 heteroatoms. The summed E-state index contributed by atoms with van der Waals surface area (Å²) in [6, 6.07) is 3.37. The average molecular weight is 276 g/mol. The molecule has 2 aromatic rings. The van der Waals surface area contributed by atoms with Crippen LogP contribution in [0.5, 0.6) is 5.75 Å². The van der Waals surface area contributed by atoms with Crippen LogP contribution >= 0.6 is 0 Å². The smallest absolute Gasteiger partial charge is 0.282 e. The number of phenolic OH excluding ortho intramolecular Hbond substituents is 1. The molecule has 0 bridgehead atoms. The molecule has 104 valence electrons. The molecule has 0 aliphatic carbocycles. The zero-order valence-corrected chi connectivity index (χ0v) is 10.6. The molecular weight excluding hydrogens is 264 g/mol. The Kier molecular flexibility index (Phi) is 3.65. The van der Waals surface area contributed by atoms with Crippen molar-refractivity contribution in [2.24, 2.45) is 0 Å². The zero-order chi connectivity index (χ0) is 14.7.